The van der Waals surface area contributed by atoms with Gasteiger partial charge in [-0.05, 0) is 17.7 Å². The molecular formula is C15H13NO3S. The third kappa shape index (κ3) is 2.00. The summed E-state index contributed by atoms with van der Waals surface area (Å²) >= 11 is 0. The van der Waals surface area contributed by atoms with Crippen molar-refractivity contribution in [2.75, 3.05) is 0 Å². The van der Waals surface area contributed by atoms with Crippen molar-refractivity contribution in [3.63, 3.8) is 0 Å². The van der Waals surface area contributed by atoms with Gasteiger partial charge < -0.3 is 5.32 Å². The van der Waals surface area contributed by atoms with Gasteiger partial charge in [0.1, 0.15) is 0 Å². The van der Waals surface area contributed by atoms with Crippen molar-refractivity contribution in [2.24, 2.45) is 0 Å². The van der Waals surface area contributed by atoms with Gasteiger partial charge >= 0.3 is 0 Å². The average Bonchev–Trinajstić information content (AvgIpc) is 2.46. The van der Waals surface area contributed by atoms with E-state index in [1.807, 2.05) is 30.3 Å². The Hall–Kier alpha value is -2.14. The number of carbonyl (C=O) groups excluding carboxylic acids is 1. The molecule has 0 bridgehead atoms. The molecule has 1 N–H and O–H groups in total. The van der Waals surface area contributed by atoms with Crippen LogP contribution in [0.2, 0.25) is 0 Å². The highest BCUT2D eigenvalue weighted by molar-refractivity contribution is 7.93. The van der Waals surface area contributed by atoms with E-state index in [2.05, 4.69) is 5.32 Å². The molecule has 1 fully saturated rings. The molecular weight excluding hydrogens is 274 g/mol. The number of β-lactam (4-membered cyclic amide) rings is 1. The molecule has 1 saturated heterocycles. The maximum absolute atomic E-state index is 12.5. The van der Waals surface area contributed by atoms with Crippen LogP contribution in [0.15, 0.2) is 65.6 Å². The number of hydrogen-bond acceptors (Lipinski definition) is 3. The molecule has 20 heavy (non-hydrogen) atoms. The number of amides is 1. The van der Waals surface area contributed by atoms with Crippen LogP contribution >= 0.6 is 0 Å². The summed E-state index contributed by atoms with van der Waals surface area (Å²) in [7, 11) is -3.66. The highest BCUT2D eigenvalue weighted by atomic mass is 32.2. The van der Waals surface area contributed by atoms with Gasteiger partial charge in [-0.25, -0.2) is 8.42 Å². The minimum Gasteiger partial charge on any atom is -0.346 e. The smallest absolute Gasteiger partial charge is 0.241 e. The van der Waals surface area contributed by atoms with Crippen LogP contribution in [0.1, 0.15) is 11.6 Å². The lowest BCUT2D eigenvalue weighted by molar-refractivity contribution is -0.127. The quantitative estimate of drug-likeness (QED) is 0.874. The Morgan fingerprint density at radius 2 is 1.40 bits per heavy atom. The molecule has 0 saturated carbocycles. The third-order valence-electron chi connectivity index (χ3n) is 3.42. The molecule has 1 aliphatic heterocycles. The van der Waals surface area contributed by atoms with E-state index in [1.54, 1.807) is 18.2 Å². The lowest BCUT2D eigenvalue weighted by Gasteiger charge is -2.36. The Morgan fingerprint density at radius 1 is 0.850 bits per heavy atom. The van der Waals surface area contributed by atoms with E-state index in [1.165, 1.54) is 12.1 Å². The van der Waals surface area contributed by atoms with E-state index < -0.39 is 27.0 Å². The second-order valence-electron chi connectivity index (χ2n) is 4.68. The molecule has 102 valence electrons. The summed E-state index contributed by atoms with van der Waals surface area (Å²) in [6.45, 7) is 0. The molecule has 4 nitrogen and oxygen atoms in total. The summed E-state index contributed by atoms with van der Waals surface area (Å²) in [5, 5.41) is 1.62. The molecule has 1 heterocycles. The number of nitrogens with one attached hydrogen (secondary N) is 1. The fourth-order valence-corrected chi connectivity index (χ4v) is 4.12. The van der Waals surface area contributed by atoms with Crippen LogP contribution in [0.5, 0.6) is 0 Å². The van der Waals surface area contributed by atoms with Gasteiger partial charge in [0.2, 0.25) is 5.91 Å². The summed E-state index contributed by atoms with van der Waals surface area (Å²) in [4.78, 5) is 11.9. The van der Waals surface area contributed by atoms with Gasteiger partial charge in [-0.3, -0.25) is 4.79 Å². The lowest BCUT2D eigenvalue weighted by Crippen LogP contribution is -2.59. The number of carbonyl (C=O) groups is 1. The van der Waals surface area contributed by atoms with Crippen molar-refractivity contribution in [3.05, 3.63) is 66.2 Å². The zero-order valence-electron chi connectivity index (χ0n) is 10.6. The predicted molar refractivity (Wildman–Crippen MR) is 74.7 cm³/mol. The molecule has 0 unspecified atom stereocenters. The molecule has 0 aliphatic carbocycles. The predicted octanol–water partition coefficient (Wildman–Crippen LogP) is 1.70. The lowest BCUT2D eigenvalue weighted by atomic mass is 9.97. The first kappa shape index (κ1) is 12.9. The monoisotopic (exact) mass is 287 g/mol. The van der Waals surface area contributed by atoms with Crippen molar-refractivity contribution in [1.29, 1.82) is 0 Å². The van der Waals surface area contributed by atoms with Crippen LogP contribution in [0.3, 0.4) is 0 Å². The number of benzene rings is 2. The largest absolute Gasteiger partial charge is 0.346 e. The van der Waals surface area contributed by atoms with Crippen molar-refractivity contribution >= 4 is 15.7 Å². The van der Waals surface area contributed by atoms with Crippen LogP contribution in [0.25, 0.3) is 0 Å². The molecule has 2 aromatic rings. The fourth-order valence-electron chi connectivity index (χ4n) is 2.36. The molecule has 2 aromatic carbocycles. The summed E-state index contributed by atoms with van der Waals surface area (Å²) in [5.41, 5.74) is 0.802. The number of rotatable bonds is 3. The van der Waals surface area contributed by atoms with E-state index in [-0.39, 0.29) is 4.90 Å². The average molecular weight is 287 g/mol. The second-order valence-corrected chi connectivity index (χ2v) is 6.74. The number of sulfone groups is 1. The zero-order chi connectivity index (χ0) is 14.2. The van der Waals surface area contributed by atoms with Crippen LogP contribution < -0.4 is 5.32 Å². The maximum atomic E-state index is 12.5. The maximum Gasteiger partial charge on any atom is 0.241 e. The molecule has 2 atom stereocenters. The highest BCUT2D eigenvalue weighted by Gasteiger charge is 2.49. The Bertz CT molecular complexity index is 726. The van der Waals surface area contributed by atoms with Gasteiger partial charge in [0.25, 0.3) is 0 Å². The van der Waals surface area contributed by atoms with Crippen molar-refractivity contribution < 1.29 is 13.2 Å². The summed E-state index contributed by atoms with van der Waals surface area (Å²) in [5.74, 6) is -0.442. The second kappa shape index (κ2) is 4.76. The first-order valence-corrected chi connectivity index (χ1v) is 7.79. The third-order valence-corrected chi connectivity index (χ3v) is 5.51. The highest BCUT2D eigenvalue weighted by Crippen LogP contribution is 2.33. The van der Waals surface area contributed by atoms with E-state index in [9.17, 15) is 13.2 Å². The van der Waals surface area contributed by atoms with Crippen molar-refractivity contribution in [3.8, 4) is 0 Å². The van der Waals surface area contributed by atoms with Crippen LogP contribution in [0, 0.1) is 0 Å². The Balaban J connectivity index is 1.99. The van der Waals surface area contributed by atoms with Crippen LogP contribution in [0.4, 0.5) is 0 Å². The Labute approximate surface area is 117 Å². The van der Waals surface area contributed by atoms with E-state index >= 15 is 0 Å². The SMILES string of the molecule is O=C1N[C@H](c2ccccc2)[C@H]1S(=O)(=O)c1ccccc1. The van der Waals surface area contributed by atoms with Gasteiger partial charge in [-0.1, -0.05) is 48.5 Å². The summed E-state index contributed by atoms with van der Waals surface area (Å²) in [6, 6.07) is 16.7. The molecule has 1 aliphatic rings. The van der Waals surface area contributed by atoms with E-state index in [4.69, 9.17) is 0 Å². The van der Waals surface area contributed by atoms with Gasteiger partial charge in [-0.15, -0.1) is 0 Å². The van der Waals surface area contributed by atoms with E-state index in [0.717, 1.165) is 5.56 Å². The molecule has 3 rings (SSSR count). The van der Waals surface area contributed by atoms with Crippen molar-refractivity contribution in [2.45, 2.75) is 16.2 Å². The van der Waals surface area contributed by atoms with Gasteiger partial charge in [0.15, 0.2) is 15.1 Å². The number of hydrogen-bond donors (Lipinski definition) is 1. The normalized spacial score (nSPS) is 21.9. The minimum absolute atomic E-state index is 0.181. The van der Waals surface area contributed by atoms with E-state index in [0.29, 0.717) is 0 Å². The van der Waals surface area contributed by atoms with Crippen LogP contribution in [-0.4, -0.2) is 19.6 Å². The first-order chi connectivity index (χ1) is 9.60. The van der Waals surface area contributed by atoms with Crippen molar-refractivity contribution in [1.82, 2.24) is 5.32 Å². The van der Waals surface area contributed by atoms with Gasteiger partial charge in [0.05, 0.1) is 10.9 Å². The first-order valence-electron chi connectivity index (χ1n) is 6.25. The Kier molecular flexibility index (Phi) is 3.06. The van der Waals surface area contributed by atoms with Gasteiger partial charge in [-0.2, -0.15) is 0 Å². The van der Waals surface area contributed by atoms with Gasteiger partial charge in [0, 0.05) is 0 Å². The fraction of sp³-hybridized carbons (Fsp3) is 0.133. The summed E-state index contributed by atoms with van der Waals surface area (Å²) < 4.78 is 25.1. The Morgan fingerprint density at radius 3 is 1.95 bits per heavy atom. The minimum atomic E-state index is -3.66. The molecule has 0 aromatic heterocycles. The molecule has 0 spiro atoms. The van der Waals surface area contributed by atoms with Crippen LogP contribution in [-0.2, 0) is 14.6 Å². The zero-order valence-corrected chi connectivity index (χ0v) is 11.4. The summed E-state index contributed by atoms with van der Waals surface area (Å²) in [6.07, 6.45) is 0. The molecule has 1 amide bonds. The molecule has 5 heteroatoms. The standard InChI is InChI=1S/C15H13NO3S/c17-15-14(13(16-15)11-7-3-1-4-8-11)20(18,19)12-9-5-2-6-10-12/h1-10,13-14H,(H,16,17)/t13-,14-/m1/s1. The topological polar surface area (TPSA) is 63.2 Å². The molecule has 0 radical (unpaired) electrons.